The summed E-state index contributed by atoms with van der Waals surface area (Å²) < 4.78 is 6.98. The molecule has 2 N–H and O–H groups in total. The second kappa shape index (κ2) is 7.54. The highest BCUT2D eigenvalue weighted by Crippen LogP contribution is 2.36. The van der Waals surface area contributed by atoms with Gasteiger partial charge in [-0.15, -0.1) is 0 Å². The predicted molar refractivity (Wildman–Crippen MR) is 109 cm³/mol. The largest absolute Gasteiger partial charge is 0.497 e. The summed E-state index contributed by atoms with van der Waals surface area (Å²) in [6, 6.07) is 14.2. The van der Waals surface area contributed by atoms with Gasteiger partial charge in [-0.3, -0.25) is 5.32 Å². The number of amides is 2. The van der Waals surface area contributed by atoms with Crippen LogP contribution in [0.15, 0.2) is 48.5 Å². The molecule has 0 saturated heterocycles. The molecule has 1 aromatic heterocycles. The van der Waals surface area contributed by atoms with Crippen molar-refractivity contribution < 1.29 is 9.53 Å². The van der Waals surface area contributed by atoms with E-state index >= 15 is 0 Å². The number of thioether (sulfide) groups is 1. The van der Waals surface area contributed by atoms with Gasteiger partial charge in [0, 0.05) is 27.8 Å². The molecule has 0 unspecified atom stereocenters. The molecule has 0 aliphatic carbocycles. The van der Waals surface area contributed by atoms with Crippen LogP contribution in [0.1, 0.15) is 11.3 Å². The molecule has 1 aliphatic heterocycles. The molecule has 0 bridgehead atoms. The summed E-state index contributed by atoms with van der Waals surface area (Å²) in [6.45, 7) is 0. The molecule has 2 aromatic carbocycles. The van der Waals surface area contributed by atoms with E-state index < -0.39 is 0 Å². The summed E-state index contributed by atoms with van der Waals surface area (Å²) in [6.07, 6.45) is 0. The van der Waals surface area contributed by atoms with Crippen LogP contribution in [0.25, 0.3) is 5.69 Å². The Morgan fingerprint density at radius 2 is 2.00 bits per heavy atom. The van der Waals surface area contributed by atoms with Crippen LogP contribution in [0, 0.1) is 0 Å². The lowest BCUT2D eigenvalue weighted by Crippen LogP contribution is -2.22. The molecule has 1 aliphatic rings. The molecular weight excluding hydrogens is 384 g/mol. The van der Waals surface area contributed by atoms with E-state index in [1.165, 1.54) is 0 Å². The number of aromatic nitrogens is 2. The topological polar surface area (TPSA) is 68.2 Å². The number of ether oxygens (including phenoxy) is 1. The summed E-state index contributed by atoms with van der Waals surface area (Å²) in [5.74, 6) is 3.10. The smallest absolute Gasteiger partial charge is 0.324 e. The van der Waals surface area contributed by atoms with E-state index in [1.54, 1.807) is 47.8 Å². The van der Waals surface area contributed by atoms with Crippen molar-refractivity contribution in [3.8, 4) is 11.4 Å². The van der Waals surface area contributed by atoms with Crippen LogP contribution < -0.4 is 15.4 Å². The maximum absolute atomic E-state index is 12.5. The van der Waals surface area contributed by atoms with Crippen molar-refractivity contribution in [1.29, 1.82) is 0 Å². The zero-order valence-electron chi connectivity index (χ0n) is 14.5. The van der Waals surface area contributed by atoms with Gasteiger partial charge >= 0.3 is 6.03 Å². The van der Waals surface area contributed by atoms with E-state index in [9.17, 15) is 4.79 Å². The number of methoxy groups -OCH3 is 1. The minimum atomic E-state index is -0.341. The van der Waals surface area contributed by atoms with Crippen molar-refractivity contribution in [3.05, 3.63) is 64.8 Å². The van der Waals surface area contributed by atoms with Gasteiger partial charge in [0.05, 0.1) is 18.5 Å². The van der Waals surface area contributed by atoms with Gasteiger partial charge in [-0.1, -0.05) is 17.7 Å². The monoisotopic (exact) mass is 400 g/mol. The fraction of sp³-hybridized carbons (Fsp3) is 0.158. The first-order valence-electron chi connectivity index (χ1n) is 8.30. The molecule has 2 heterocycles. The van der Waals surface area contributed by atoms with Gasteiger partial charge in [0.2, 0.25) is 0 Å². The van der Waals surface area contributed by atoms with E-state index in [0.29, 0.717) is 16.5 Å². The minimum Gasteiger partial charge on any atom is -0.497 e. The molecule has 0 spiro atoms. The number of nitrogens with zero attached hydrogens (tertiary/aromatic N) is 2. The number of hydrogen-bond acceptors (Lipinski definition) is 4. The van der Waals surface area contributed by atoms with Gasteiger partial charge in [0.15, 0.2) is 0 Å². The van der Waals surface area contributed by atoms with Crippen LogP contribution >= 0.6 is 23.4 Å². The Balaban J connectivity index is 1.62. The average Bonchev–Trinajstić information content (AvgIpc) is 3.24. The number of carbonyl (C=O) groups is 1. The fourth-order valence-corrected chi connectivity index (χ4v) is 4.11. The molecule has 138 valence electrons. The summed E-state index contributed by atoms with van der Waals surface area (Å²) in [5, 5.41) is 11.0. The van der Waals surface area contributed by atoms with Gasteiger partial charge in [-0.05, 0) is 42.5 Å². The molecule has 27 heavy (non-hydrogen) atoms. The SMILES string of the molecule is COc1ccc(-n2nc3c(c2NC(=O)Nc2cccc(Cl)c2)CSC3)cc1. The lowest BCUT2D eigenvalue weighted by atomic mass is 10.2. The van der Waals surface area contributed by atoms with Crippen LogP contribution in [0.5, 0.6) is 5.75 Å². The summed E-state index contributed by atoms with van der Waals surface area (Å²) in [5.41, 5.74) is 3.53. The molecule has 2 amide bonds. The van der Waals surface area contributed by atoms with Crippen molar-refractivity contribution >= 4 is 40.9 Å². The number of anilines is 2. The molecule has 3 aromatic rings. The van der Waals surface area contributed by atoms with Crippen molar-refractivity contribution in [2.24, 2.45) is 0 Å². The van der Waals surface area contributed by atoms with Crippen LogP contribution in [-0.4, -0.2) is 22.9 Å². The highest BCUT2D eigenvalue weighted by atomic mass is 35.5. The lowest BCUT2D eigenvalue weighted by molar-refractivity contribution is 0.262. The van der Waals surface area contributed by atoms with Crippen molar-refractivity contribution in [2.45, 2.75) is 11.5 Å². The number of benzene rings is 2. The van der Waals surface area contributed by atoms with Gasteiger partial charge in [0.1, 0.15) is 11.6 Å². The van der Waals surface area contributed by atoms with Gasteiger partial charge in [0.25, 0.3) is 0 Å². The third-order valence-corrected chi connectivity index (χ3v) is 5.39. The van der Waals surface area contributed by atoms with E-state index in [1.807, 2.05) is 24.3 Å². The standard InChI is InChI=1S/C19H17ClN4O2S/c1-26-15-7-5-14(6-8-15)24-18(16-10-27-11-17(16)23-24)22-19(25)21-13-4-2-3-12(20)9-13/h2-9H,10-11H2,1H3,(H2,21,22,25). The Morgan fingerprint density at radius 1 is 1.19 bits per heavy atom. The third kappa shape index (κ3) is 3.74. The second-order valence-corrected chi connectivity index (χ2v) is 7.39. The number of nitrogens with one attached hydrogen (secondary N) is 2. The van der Waals surface area contributed by atoms with Gasteiger partial charge in [-0.2, -0.15) is 16.9 Å². The molecule has 0 saturated carbocycles. The molecule has 0 atom stereocenters. The highest BCUT2D eigenvalue weighted by Gasteiger charge is 2.24. The Hall–Kier alpha value is -2.64. The first kappa shape index (κ1) is 17.8. The minimum absolute atomic E-state index is 0.341. The van der Waals surface area contributed by atoms with Gasteiger partial charge in [-0.25, -0.2) is 9.48 Å². The normalized spacial score (nSPS) is 12.5. The number of urea groups is 1. The van der Waals surface area contributed by atoms with E-state index in [-0.39, 0.29) is 6.03 Å². The summed E-state index contributed by atoms with van der Waals surface area (Å²) in [7, 11) is 1.63. The predicted octanol–water partition coefficient (Wildman–Crippen LogP) is 4.93. The highest BCUT2D eigenvalue weighted by molar-refractivity contribution is 7.98. The van der Waals surface area contributed by atoms with Crippen LogP contribution in [-0.2, 0) is 11.5 Å². The zero-order chi connectivity index (χ0) is 18.8. The Bertz CT molecular complexity index is 988. The molecule has 4 rings (SSSR count). The van der Waals surface area contributed by atoms with Crippen LogP contribution in [0.2, 0.25) is 5.02 Å². The maximum Gasteiger partial charge on any atom is 0.324 e. The molecule has 0 radical (unpaired) electrons. The summed E-state index contributed by atoms with van der Waals surface area (Å²) >= 11 is 7.76. The maximum atomic E-state index is 12.5. The van der Waals surface area contributed by atoms with E-state index in [0.717, 1.165) is 34.2 Å². The number of halogens is 1. The lowest BCUT2D eigenvalue weighted by Gasteiger charge is -2.12. The van der Waals surface area contributed by atoms with Crippen molar-refractivity contribution in [1.82, 2.24) is 9.78 Å². The van der Waals surface area contributed by atoms with E-state index in [2.05, 4.69) is 15.7 Å². The van der Waals surface area contributed by atoms with Crippen molar-refractivity contribution in [2.75, 3.05) is 17.7 Å². The number of fused-ring (bicyclic) bond motifs is 1. The van der Waals surface area contributed by atoms with Crippen LogP contribution in [0.4, 0.5) is 16.3 Å². The first-order chi connectivity index (χ1) is 13.1. The Morgan fingerprint density at radius 3 is 2.74 bits per heavy atom. The Kier molecular flexibility index (Phi) is 4.96. The molecule has 0 fully saturated rings. The quantitative estimate of drug-likeness (QED) is 0.651. The first-order valence-corrected chi connectivity index (χ1v) is 9.84. The zero-order valence-corrected chi connectivity index (χ0v) is 16.1. The second-order valence-electron chi connectivity index (χ2n) is 5.97. The molecule has 6 nitrogen and oxygen atoms in total. The fourth-order valence-electron chi connectivity index (χ4n) is 2.89. The Labute approximate surface area is 165 Å². The third-order valence-electron chi connectivity index (χ3n) is 4.18. The number of carbonyl (C=O) groups excluding carboxylic acids is 1. The summed E-state index contributed by atoms with van der Waals surface area (Å²) in [4.78, 5) is 12.5. The van der Waals surface area contributed by atoms with Crippen molar-refractivity contribution in [3.63, 3.8) is 0 Å². The van der Waals surface area contributed by atoms with Gasteiger partial charge < -0.3 is 10.1 Å². The van der Waals surface area contributed by atoms with E-state index in [4.69, 9.17) is 16.3 Å². The number of hydrogen-bond donors (Lipinski definition) is 2. The van der Waals surface area contributed by atoms with Crippen LogP contribution in [0.3, 0.4) is 0 Å². The number of rotatable bonds is 4. The molecular formula is C19H17ClN4O2S. The molecule has 8 heteroatoms. The average molecular weight is 401 g/mol.